The molecule has 2 aromatic rings. The molecule has 168 valence electrons. The summed E-state index contributed by atoms with van der Waals surface area (Å²) < 4.78 is 32.6. The maximum absolute atomic E-state index is 5.46. The van der Waals surface area contributed by atoms with E-state index >= 15 is 0 Å². The Hall–Kier alpha value is -2.84. The molecule has 0 aromatic heterocycles. The van der Waals surface area contributed by atoms with E-state index in [-0.39, 0.29) is 0 Å². The Morgan fingerprint density at radius 3 is 1.16 bits per heavy atom. The largest absolute Gasteiger partial charge is 0.493 e. The van der Waals surface area contributed by atoms with Gasteiger partial charge in [-0.25, -0.2) is 0 Å². The van der Waals surface area contributed by atoms with Crippen molar-refractivity contribution in [1.82, 2.24) is 9.80 Å². The molecule has 0 unspecified atom stereocenters. The van der Waals surface area contributed by atoms with Crippen molar-refractivity contribution in [1.29, 1.82) is 0 Å². The van der Waals surface area contributed by atoms with Gasteiger partial charge in [-0.1, -0.05) is 0 Å². The first-order chi connectivity index (χ1) is 15.1. The van der Waals surface area contributed by atoms with Crippen LogP contribution in [0.4, 0.5) is 0 Å². The van der Waals surface area contributed by atoms with Crippen LogP contribution in [0.25, 0.3) is 0 Å². The molecule has 1 saturated heterocycles. The summed E-state index contributed by atoms with van der Waals surface area (Å²) in [6, 6.07) is 7.85. The number of rotatable bonds is 10. The summed E-state index contributed by atoms with van der Waals surface area (Å²) in [6.07, 6.45) is 0. The molecule has 0 aliphatic carbocycles. The van der Waals surface area contributed by atoms with Gasteiger partial charge in [-0.2, -0.15) is 0 Å². The van der Waals surface area contributed by atoms with Gasteiger partial charge in [-0.05, 0) is 35.4 Å². The summed E-state index contributed by atoms with van der Waals surface area (Å²) in [6.45, 7) is 6.53. The lowest BCUT2D eigenvalue weighted by Crippen LogP contribution is -2.19. The minimum atomic E-state index is 0.590. The first kappa shape index (κ1) is 22.8. The van der Waals surface area contributed by atoms with Crippen LogP contribution < -0.4 is 28.4 Å². The highest BCUT2D eigenvalue weighted by atomic mass is 16.5. The van der Waals surface area contributed by atoms with Crippen LogP contribution in [0.15, 0.2) is 24.3 Å². The topological polar surface area (TPSA) is 61.9 Å². The van der Waals surface area contributed by atoms with Gasteiger partial charge in [0.1, 0.15) is 6.67 Å². The molecule has 1 aliphatic rings. The van der Waals surface area contributed by atoms with Crippen LogP contribution in [0.3, 0.4) is 0 Å². The van der Waals surface area contributed by atoms with Gasteiger partial charge in [0.25, 0.3) is 0 Å². The molecule has 1 fully saturated rings. The van der Waals surface area contributed by atoms with Crippen LogP contribution in [-0.4, -0.2) is 65.5 Å². The van der Waals surface area contributed by atoms with Crippen molar-refractivity contribution in [3.63, 3.8) is 0 Å². The van der Waals surface area contributed by atoms with Crippen molar-refractivity contribution in [3.8, 4) is 34.5 Å². The second kappa shape index (κ2) is 10.5. The lowest BCUT2D eigenvalue weighted by Gasteiger charge is -2.19. The third kappa shape index (κ3) is 5.08. The predicted octanol–water partition coefficient (Wildman–Crippen LogP) is 3.05. The molecule has 8 heteroatoms. The predicted molar refractivity (Wildman–Crippen MR) is 116 cm³/mol. The fourth-order valence-electron chi connectivity index (χ4n) is 3.66. The Bertz CT molecular complexity index is 767. The van der Waals surface area contributed by atoms with Gasteiger partial charge < -0.3 is 28.4 Å². The van der Waals surface area contributed by atoms with Crippen LogP contribution in [0.5, 0.6) is 34.5 Å². The maximum atomic E-state index is 5.46. The van der Waals surface area contributed by atoms with Gasteiger partial charge in [-0.15, -0.1) is 0 Å². The zero-order valence-electron chi connectivity index (χ0n) is 19.0. The molecule has 0 atom stereocenters. The lowest BCUT2D eigenvalue weighted by atomic mass is 10.1. The Morgan fingerprint density at radius 2 is 0.903 bits per heavy atom. The zero-order chi connectivity index (χ0) is 22.4. The van der Waals surface area contributed by atoms with Crippen LogP contribution >= 0.6 is 0 Å². The standard InChI is InChI=1S/C23H30N2O6/c1-26-18-9-16(10-19(27-2)22(18)30-5)13-24-7-8-25(15-24)14-17-11-20(28-3)23(31-6)21(12-17)29-4/h9-12H,7-8,13-14H2,1-6H3. The molecule has 0 N–H and O–H groups in total. The molecule has 0 amide bonds. The SMILES string of the molecule is COc1cc(CN2[C]N(Cc3cc(OC)c(OC)c(OC)c3)CC2)cc(OC)c1OC. The highest BCUT2D eigenvalue weighted by Gasteiger charge is 2.24. The van der Waals surface area contributed by atoms with Crippen molar-refractivity contribution in [2.75, 3.05) is 55.7 Å². The maximum Gasteiger partial charge on any atom is 0.203 e. The normalized spacial score (nSPS) is 14.4. The van der Waals surface area contributed by atoms with E-state index in [4.69, 9.17) is 28.4 Å². The number of ether oxygens (including phenoxy) is 6. The molecule has 0 saturated carbocycles. The van der Waals surface area contributed by atoms with E-state index in [1.807, 2.05) is 24.3 Å². The second-order valence-electron chi connectivity index (χ2n) is 7.01. The van der Waals surface area contributed by atoms with Crippen molar-refractivity contribution >= 4 is 0 Å². The highest BCUT2D eigenvalue weighted by molar-refractivity contribution is 5.54. The first-order valence-corrected chi connectivity index (χ1v) is 9.90. The van der Waals surface area contributed by atoms with E-state index in [1.54, 1.807) is 42.7 Å². The summed E-state index contributed by atoms with van der Waals surface area (Å²) in [5, 5.41) is 0. The fourth-order valence-corrected chi connectivity index (χ4v) is 3.66. The highest BCUT2D eigenvalue weighted by Crippen LogP contribution is 2.40. The van der Waals surface area contributed by atoms with Crippen LogP contribution in [-0.2, 0) is 13.1 Å². The van der Waals surface area contributed by atoms with E-state index < -0.39 is 0 Å². The van der Waals surface area contributed by atoms with E-state index in [1.165, 1.54) is 0 Å². The third-order valence-electron chi connectivity index (χ3n) is 5.12. The van der Waals surface area contributed by atoms with Crippen molar-refractivity contribution in [2.45, 2.75) is 13.1 Å². The van der Waals surface area contributed by atoms with E-state index in [0.29, 0.717) is 47.6 Å². The number of hydrogen-bond acceptors (Lipinski definition) is 8. The minimum absolute atomic E-state index is 0.590. The van der Waals surface area contributed by atoms with Crippen LogP contribution in [0.1, 0.15) is 11.1 Å². The quantitative estimate of drug-likeness (QED) is 0.570. The van der Waals surface area contributed by atoms with Gasteiger partial charge in [0.2, 0.25) is 11.5 Å². The molecule has 2 aromatic carbocycles. The van der Waals surface area contributed by atoms with Crippen molar-refractivity contribution in [2.24, 2.45) is 0 Å². The van der Waals surface area contributed by atoms with E-state index in [9.17, 15) is 0 Å². The Kier molecular flexibility index (Phi) is 7.70. The Labute approximate surface area is 184 Å². The molecule has 1 aliphatic heterocycles. The average molecular weight is 431 g/mol. The molecule has 8 nitrogen and oxygen atoms in total. The average Bonchev–Trinajstić information content (AvgIpc) is 3.23. The number of methoxy groups -OCH3 is 6. The molecular weight excluding hydrogens is 400 g/mol. The van der Waals surface area contributed by atoms with Gasteiger partial charge in [0, 0.05) is 26.2 Å². The summed E-state index contributed by atoms with van der Waals surface area (Å²) in [5.41, 5.74) is 2.10. The zero-order valence-corrected chi connectivity index (χ0v) is 19.0. The van der Waals surface area contributed by atoms with Gasteiger partial charge in [0.05, 0.1) is 42.7 Å². The van der Waals surface area contributed by atoms with Crippen LogP contribution in [0.2, 0.25) is 0 Å². The Morgan fingerprint density at radius 1 is 0.581 bits per heavy atom. The molecule has 3 rings (SSSR count). The van der Waals surface area contributed by atoms with E-state index in [2.05, 4.69) is 16.5 Å². The summed E-state index contributed by atoms with van der Waals surface area (Å²) in [4.78, 5) is 4.28. The van der Waals surface area contributed by atoms with Gasteiger partial charge in [0.15, 0.2) is 23.0 Å². The molecule has 0 bridgehead atoms. The molecule has 31 heavy (non-hydrogen) atoms. The smallest absolute Gasteiger partial charge is 0.203 e. The van der Waals surface area contributed by atoms with Crippen LogP contribution in [0, 0.1) is 6.67 Å². The second-order valence-corrected chi connectivity index (χ2v) is 7.01. The first-order valence-electron chi connectivity index (χ1n) is 9.90. The summed E-state index contributed by atoms with van der Waals surface area (Å²) in [7, 11) is 9.68. The monoisotopic (exact) mass is 430 g/mol. The molecule has 1 heterocycles. The minimum Gasteiger partial charge on any atom is -0.493 e. The molecule has 2 radical (unpaired) electrons. The van der Waals surface area contributed by atoms with E-state index in [0.717, 1.165) is 24.2 Å². The van der Waals surface area contributed by atoms with Crippen molar-refractivity contribution < 1.29 is 28.4 Å². The third-order valence-corrected chi connectivity index (χ3v) is 5.12. The van der Waals surface area contributed by atoms with Gasteiger partial charge >= 0.3 is 0 Å². The summed E-state index contributed by atoms with van der Waals surface area (Å²) >= 11 is 0. The molecule has 0 spiro atoms. The van der Waals surface area contributed by atoms with Crippen molar-refractivity contribution in [3.05, 3.63) is 42.1 Å². The number of hydrogen-bond donors (Lipinski definition) is 0. The lowest BCUT2D eigenvalue weighted by molar-refractivity contribution is 0.304. The fraction of sp³-hybridized carbons (Fsp3) is 0.435. The molecular formula is C23H30N2O6. The number of nitrogens with zero attached hydrogens (tertiary/aromatic N) is 2. The van der Waals surface area contributed by atoms with Gasteiger partial charge in [-0.3, -0.25) is 9.80 Å². The summed E-state index contributed by atoms with van der Waals surface area (Å²) in [5.74, 6) is 3.76. The number of benzene rings is 2. The Balaban J connectivity index is 1.69.